The van der Waals surface area contributed by atoms with Gasteiger partial charge in [-0.05, 0) is 50.7 Å². The van der Waals surface area contributed by atoms with Gasteiger partial charge in [-0.2, -0.15) is 0 Å². The van der Waals surface area contributed by atoms with Crippen LogP contribution in [0.25, 0.3) is 5.69 Å². The third kappa shape index (κ3) is 3.95. The number of nitrogens with zero attached hydrogens (tertiary/aromatic N) is 2. The van der Waals surface area contributed by atoms with Gasteiger partial charge in [-0.1, -0.05) is 18.2 Å². The van der Waals surface area contributed by atoms with E-state index >= 15 is 0 Å². The van der Waals surface area contributed by atoms with Crippen molar-refractivity contribution in [2.24, 2.45) is 5.92 Å². The Bertz CT molecular complexity index is 774. The number of rotatable bonds is 5. The molecule has 2 aliphatic carbocycles. The molecule has 2 saturated carbocycles. The molecule has 0 saturated heterocycles. The van der Waals surface area contributed by atoms with E-state index in [-0.39, 0.29) is 29.8 Å². The third-order valence-electron chi connectivity index (χ3n) is 5.23. The average Bonchev–Trinajstić information content (AvgIpc) is 3.41. The van der Waals surface area contributed by atoms with Crippen LogP contribution in [0.2, 0.25) is 0 Å². The summed E-state index contributed by atoms with van der Waals surface area (Å²) in [7, 11) is 0. The van der Waals surface area contributed by atoms with Crippen LogP contribution in [0.3, 0.4) is 0 Å². The first-order chi connectivity index (χ1) is 12.7. The summed E-state index contributed by atoms with van der Waals surface area (Å²) < 4.78 is 1.85. The largest absolute Gasteiger partial charge is 0.353 e. The van der Waals surface area contributed by atoms with E-state index in [2.05, 4.69) is 15.6 Å². The van der Waals surface area contributed by atoms with Crippen molar-refractivity contribution in [3.05, 3.63) is 48.5 Å². The van der Waals surface area contributed by atoms with Gasteiger partial charge in [0.15, 0.2) is 0 Å². The zero-order chi connectivity index (χ0) is 17.9. The first-order valence-electron chi connectivity index (χ1n) is 9.39. The summed E-state index contributed by atoms with van der Waals surface area (Å²) in [6.45, 7) is 0. The van der Waals surface area contributed by atoms with Crippen LogP contribution in [-0.4, -0.2) is 33.4 Å². The molecule has 136 valence electrons. The maximum Gasteiger partial charge on any atom is 0.271 e. The fraction of sp³-hybridized carbons (Fsp3) is 0.450. The van der Waals surface area contributed by atoms with Crippen molar-refractivity contribution in [3.8, 4) is 5.69 Å². The highest BCUT2D eigenvalue weighted by molar-refractivity contribution is 5.92. The molecule has 1 aromatic carbocycles. The van der Waals surface area contributed by atoms with Crippen LogP contribution in [0.4, 0.5) is 0 Å². The number of aromatic nitrogens is 2. The number of hydrogen-bond donors (Lipinski definition) is 2. The summed E-state index contributed by atoms with van der Waals surface area (Å²) in [5.74, 6) is 0.334. The van der Waals surface area contributed by atoms with Gasteiger partial charge in [0.05, 0.1) is 0 Å². The first-order valence-corrected chi connectivity index (χ1v) is 9.39. The van der Waals surface area contributed by atoms with Gasteiger partial charge in [-0.25, -0.2) is 4.98 Å². The van der Waals surface area contributed by atoms with E-state index < -0.39 is 0 Å². The molecule has 0 unspecified atom stereocenters. The molecule has 1 aromatic heterocycles. The lowest BCUT2D eigenvalue weighted by atomic mass is 9.91. The van der Waals surface area contributed by atoms with Crippen molar-refractivity contribution in [3.63, 3.8) is 0 Å². The molecule has 1 heterocycles. The van der Waals surface area contributed by atoms with E-state index in [1.54, 1.807) is 12.5 Å². The lowest BCUT2D eigenvalue weighted by Crippen LogP contribution is -2.44. The molecule has 6 heteroatoms. The molecule has 0 radical (unpaired) electrons. The van der Waals surface area contributed by atoms with E-state index in [1.165, 1.54) is 0 Å². The van der Waals surface area contributed by atoms with Gasteiger partial charge in [0.25, 0.3) is 5.91 Å². The number of carbonyl (C=O) groups is 2. The topological polar surface area (TPSA) is 76.0 Å². The van der Waals surface area contributed by atoms with Gasteiger partial charge in [0, 0.05) is 29.9 Å². The molecule has 4 rings (SSSR count). The molecule has 0 bridgehead atoms. The van der Waals surface area contributed by atoms with Gasteiger partial charge >= 0.3 is 0 Å². The fourth-order valence-electron chi connectivity index (χ4n) is 3.49. The van der Waals surface area contributed by atoms with E-state index in [0.717, 1.165) is 44.2 Å². The Labute approximate surface area is 153 Å². The molecule has 2 aromatic rings. The molecule has 0 atom stereocenters. The first kappa shape index (κ1) is 16.8. The number of imidazole rings is 1. The molecular weight excluding hydrogens is 328 g/mol. The second-order valence-electron chi connectivity index (χ2n) is 7.31. The van der Waals surface area contributed by atoms with Gasteiger partial charge < -0.3 is 15.2 Å². The summed E-state index contributed by atoms with van der Waals surface area (Å²) in [5.41, 5.74) is 1.41. The zero-order valence-corrected chi connectivity index (χ0v) is 14.7. The summed E-state index contributed by atoms with van der Waals surface area (Å²) in [6.07, 6.45) is 9.10. The minimum Gasteiger partial charge on any atom is -0.353 e. The highest BCUT2D eigenvalue weighted by atomic mass is 16.2. The second kappa shape index (κ2) is 7.32. The fourth-order valence-corrected chi connectivity index (χ4v) is 3.49. The Morgan fingerprint density at radius 3 is 2.23 bits per heavy atom. The normalized spacial score (nSPS) is 22.6. The summed E-state index contributed by atoms with van der Waals surface area (Å²) in [6, 6.07) is 10.2. The minimum atomic E-state index is -0.134. The van der Waals surface area contributed by atoms with Crippen LogP contribution in [0.15, 0.2) is 42.9 Å². The number of benzene rings is 1. The van der Waals surface area contributed by atoms with Crippen molar-refractivity contribution in [2.75, 3.05) is 0 Å². The van der Waals surface area contributed by atoms with E-state index in [4.69, 9.17) is 0 Å². The molecule has 2 aliphatic rings. The van der Waals surface area contributed by atoms with Crippen LogP contribution in [0.5, 0.6) is 0 Å². The van der Waals surface area contributed by atoms with Crippen molar-refractivity contribution in [2.45, 2.75) is 50.6 Å². The molecule has 6 nitrogen and oxygen atoms in total. The summed E-state index contributed by atoms with van der Waals surface area (Å²) in [4.78, 5) is 28.5. The molecule has 2 fully saturated rings. The minimum absolute atomic E-state index is 0.134. The van der Waals surface area contributed by atoms with Gasteiger partial charge in [-0.3, -0.25) is 9.59 Å². The van der Waals surface area contributed by atoms with Crippen LogP contribution >= 0.6 is 0 Å². The maximum absolute atomic E-state index is 12.5. The van der Waals surface area contributed by atoms with Crippen LogP contribution in [-0.2, 0) is 4.79 Å². The van der Waals surface area contributed by atoms with Gasteiger partial charge in [-0.15, -0.1) is 0 Å². The Morgan fingerprint density at radius 2 is 1.58 bits per heavy atom. The van der Waals surface area contributed by atoms with E-state index in [9.17, 15) is 9.59 Å². The van der Waals surface area contributed by atoms with E-state index in [1.807, 2.05) is 34.9 Å². The third-order valence-corrected chi connectivity index (χ3v) is 5.23. The Balaban J connectivity index is 1.28. The highest BCUT2D eigenvalue weighted by Gasteiger charge is 2.32. The molecule has 2 N–H and O–H groups in total. The van der Waals surface area contributed by atoms with Crippen molar-refractivity contribution in [1.29, 1.82) is 0 Å². The SMILES string of the molecule is O=C(NC1CCC(NC(=O)C2CC2)CC1)c1cn(-c2ccccc2)cn1. The van der Waals surface area contributed by atoms with Crippen LogP contribution < -0.4 is 10.6 Å². The molecule has 2 amide bonds. The van der Waals surface area contributed by atoms with Crippen LogP contribution in [0.1, 0.15) is 49.0 Å². The predicted molar refractivity (Wildman–Crippen MR) is 97.9 cm³/mol. The molecular formula is C20H24N4O2. The lowest BCUT2D eigenvalue weighted by Gasteiger charge is -2.29. The lowest BCUT2D eigenvalue weighted by molar-refractivity contribution is -0.123. The Hall–Kier alpha value is -2.63. The van der Waals surface area contributed by atoms with Gasteiger partial charge in [0.1, 0.15) is 12.0 Å². The zero-order valence-electron chi connectivity index (χ0n) is 14.7. The quantitative estimate of drug-likeness (QED) is 0.868. The summed E-state index contributed by atoms with van der Waals surface area (Å²) >= 11 is 0. The molecule has 0 aliphatic heterocycles. The number of amides is 2. The van der Waals surface area contributed by atoms with E-state index in [0.29, 0.717) is 5.69 Å². The highest BCUT2D eigenvalue weighted by Crippen LogP contribution is 2.29. The molecule has 26 heavy (non-hydrogen) atoms. The molecule has 0 spiro atoms. The number of carbonyl (C=O) groups excluding carboxylic acids is 2. The number of nitrogens with one attached hydrogen (secondary N) is 2. The smallest absolute Gasteiger partial charge is 0.271 e. The van der Waals surface area contributed by atoms with Crippen molar-refractivity contribution in [1.82, 2.24) is 20.2 Å². The average molecular weight is 352 g/mol. The van der Waals surface area contributed by atoms with Crippen molar-refractivity contribution < 1.29 is 9.59 Å². The maximum atomic E-state index is 12.5. The number of para-hydroxylation sites is 1. The Morgan fingerprint density at radius 1 is 0.923 bits per heavy atom. The van der Waals surface area contributed by atoms with Crippen molar-refractivity contribution >= 4 is 11.8 Å². The summed E-state index contributed by atoms with van der Waals surface area (Å²) in [5, 5.41) is 6.22. The second-order valence-corrected chi connectivity index (χ2v) is 7.31. The predicted octanol–water partition coefficient (Wildman–Crippen LogP) is 2.44. The number of hydrogen-bond acceptors (Lipinski definition) is 3. The monoisotopic (exact) mass is 352 g/mol. The standard InChI is InChI=1S/C20H24N4O2/c25-19(14-6-7-14)22-15-8-10-16(11-9-15)23-20(26)18-12-24(13-21-18)17-4-2-1-3-5-17/h1-5,12-16H,6-11H2,(H,22,25)(H,23,26). The van der Waals surface area contributed by atoms with Gasteiger partial charge in [0.2, 0.25) is 5.91 Å². The Kier molecular flexibility index (Phi) is 4.73. The van der Waals surface area contributed by atoms with Crippen LogP contribution in [0, 0.1) is 5.92 Å².